The maximum atomic E-state index is 12.3. The van der Waals surface area contributed by atoms with Crippen LogP contribution >= 0.6 is 0 Å². The van der Waals surface area contributed by atoms with Crippen LogP contribution in [0.5, 0.6) is 0 Å². The Morgan fingerprint density at radius 2 is 1.41 bits per heavy atom. The van der Waals surface area contributed by atoms with E-state index in [1.165, 1.54) is 51.4 Å². The summed E-state index contributed by atoms with van der Waals surface area (Å²) in [5, 5.41) is 19.0. The number of ketones is 1. The fraction of sp³-hybridized carbons (Fsp3) is 0.850. The van der Waals surface area contributed by atoms with Crippen LogP contribution < -0.4 is 16.8 Å². The number of guanidine groups is 1. The summed E-state index contributed by atoms with van der Waals surface area (Å²) in [5.74, 6) is -1.87. The van der Waals surface area contributed by atoms with Gasteiger partial charge in [-0.1, -0.05) is 71.1 Å². The molecule has 0 radical (unpaired) electrons. The Bertz CT molecular complexity index is 443. The average molecular weight is 385 g/mol. The summed E-state index contributed by atoms with van der Waals surface area (Å²) in [6.45, 7) is 2.55. The highest BCUT2D eigenvalue weighted by Crippen LogP contribution is 2.17. The van der Waals surface area contributed by atoms with Crippen molar-refractivity contribution in [3.05, 3.63) is 0 Å². The summed E-state index contributed by atoms with van der Waals surface area (Å²) in [5.41, 5.74) is 9.20. The van der Waals surface area contributed by atoms with Crippen LogP contribution in [-0.4, -0.2) is 34.9 Å². The van der Waals surface area contributed by atoms with Crippen molar-refractivity contribution in [1.29, 1.82) is 5.41 Å². The van der Waals surface area contributed by atoms with Crippen molar-refractivity contribution in [2.24, 2.45) is 11.5 Å². The molecule has 0 saturated heterocycles. The molecule has 7 nitrogen and oxygen atoms in total. The Hall–Kier alpha value is -1.63. The number of carbonyl (C=O) groups excluding carboxylic acids is 1. The first-order chi connectivity index (χ1) is 12.8. The zero-order valence-electron chi connectivity index (χ0n) is 17.0. The molecule has 0 aromatic rings. The van der Waals surface area contributed by atoms with Gasteiger partial charge in [0, 0.05) is 13.0 Å². The molecule has 1 atom stereocenters. The molecule has 158 valence electrons. The molecule has 0 amide bonds. The van der Waals surface area contributed by atoms with Gasteiger partial charge >= 0.3 is 5.97 Å². The first-order valence-corrected chi connectivity index (χ1v) is 10.5. The monoisotopic (exact) mass is 384 g/mol. The minimum atomic E-state index is -1.84. The van der Waals surface area contributed by atoms with Gasteiger partial charge in [-0.2, -0.15) is 0 Å². The molecule has 0 bridgehead atoms. The normalized spacial score (nSPS) is 13.1. The van der Waals surface area contributed by atoms with Gasteiger partial charge in [-0.15, -0.1) is 0 Å². The number of hydrogen-bond donors (Lipinski definition) is 5. The minimum absolute atomic E-state index is 0.0411. The Morgan fingerprint density at radius 1 is 0.926 bits per heavy atom. The number of unbranched alkanes of at least 4 members (excludes halogenated alkanes) is 10. The van der Waals surface area contributed by atoms with Crippen LogP contribution in [0.2, 0.25) is 0 Å². The second-order valence-corrected chi connectivity index (χ2v) is 7.43. The minimum Gasteiger partial charge on any atom is -0.480 e. The number of nitrogens with one attached hydrogen (secondary N) is 2. The number of aliphatic carboxylic acids is 1. The van der Waals surface area contributed by atoms with Crippen molar-refractivity contribution in [3.8, 4) is 0 Å². The highest BCUT2D eigenvalue weighted by molar-refractivity contribution is 6.07. The molecule has 0 rings (SSSR count). The smallest absolute Gasteiger partial charge is 0.331 e. The Balaban J connectivity index is 3.88. The lowest BCUT2D eigenvalue weighted by atomic mass is 9.87. The number of hydrogen-bond acceptors (Lipinski definition) is 4. The molecule has 0 spiro atoms. The van der Waals surface area contributed by atoms with E-state index in [4.69, 9.17) is 16.9 Å². The standard InChI is InChI=1S/C20H40N4O3/c1-2-3-4-5-6-7-8-9-10-11-12-14-17(25)20(23,18(26)27)15-13-16-24-19(21)22/h2-16,23H2,1H3,(H,26,27)(H4,21,22,24). The number of carboxylic acids is 1. The molecule has 0 aromatic heterocycles. The molecule has 7 heteroatoms. The highest BCUT2D eigenvalue weighted by Gasteiger charge is 2.40. The molecular weight excluding hydrogens is 344 g/mol. The summed E-state index contributed by atoms with van der Waals surface area (Å²) in [4.78, 5) is 23.8. The average Bonchev–Trinajstić information content (AvgIpc) is 2.62. The van der Waals surface area contributed by atoms with Crippen LogP contribution in [0.3, 0.4) is 0 Å². The van der Waals surface area contributed by atoms with Crippen LogP contribution in [-0.2, 0) is 9.59 Å². The fourth-order valence-electron chi connectivity index (χ4n) is 3.13. The SMILES string of the molecule is CCCCCCCCCCCCCC(=O)C(N)(CCCNC(=N)N)C(=O)O. The summed E-state index contributed by atoms with van der Waals surface area (Å²) in [7, 11) is 0. The number of Topliss-reactive ketones (excluding diaryl/α,β-unsaturated/α-hetero) is 1. The van der Waals surface area contributed by atoms with Crippen LogP contribution in [0.25, 0.3) is 0 Å². The van der Waals surface area contributed by atoms with Gasteiger partial charge in [-0.05, 0) is 19.3 Å². The summed E-state index contributed by atoms with van der Waals surface area (Å²) >= 11 is 0. The van der Waals surface area contributed by atoms with Crippen molar-refractivity contribution in [3.63, 3.8) is 0 Å². The third kappa shape index (κ3) is 12.4. The van der Waals surface area contributed by atoms with Crippen molar-refractivity contribution in [2.45, 2.75) is 102 Å². The zero-order valence-corrected chi connectivity index (χ0v) is 17.0. The van der Waals surface area contributed by atoms with Crippen LogP contribution in [0.1, 0.15) is 96.8 Å². The largest absolute Gasteiger partial charge is 0.480 e. The summed E-state index contributed by atoms with van der Waals surface area (Å²) < 4.78 is 0. The molecule has 0 saturated carbocycles. The van der Waals surface area contributed by atoms with E-state index < -0.39 is 17.3 Å². The molecule has 0 aliphatic carbocycles. The van der Waals surface area contributed by atoms with Gasteiger partial charge < -0.3 is 21.9 Å². The molecule has 0 heterocycles. The van der Waals surface area contributed by atoms with Crippen molar-refractivity contribution in [2.75, 3.05) is 6.54 Å². The molecule has 0 aromatic carbocycles. The predicted octanol–water partition coefficient (Wildman–Crippen LogP) is 3.30. The first-order valence-electron chi connectivity index (χ1n) is 10.5. The van der Waals surface area contributed by atoms with Gasteiger partial charge in [0.2, 0.25) is 0 Å². The number of rotatable bonds is 18. The molecular formula is C20H40N4O3. The molecule has 0 aliphatic rings. The molecule has 27 heavy (non-hydrogen) atoms. The number of carboxylic acid groups (broad SMARTS) is 1. The van der Waals surface area contributed by atoms with Crippen LogP contribution in [0.15, 0.2) is 0 Å². The topological polar surface area (TPSA) is 142 Å². The third-order valence-electron chi connectivity index (χ3n) is 4.95. The van der Waals surface area contributed by atoms with Gasteiger partial charge in [0.25, 0.3) is 0 Å². The van der Waals surface area contributed by atoms with Crippen LogP contribution in [0.4, 0.5) is 0 Å². The van der Waals surface area contributed by atoms with Gasteiger partial charge in [-0.25, -0.2) is 4.79 Å². The van der Waals surface area contributed by atoms with E-state index in [0.29, 0.717) is 19.4 Å². The highest BCUT2D eigenvalue weighted by atomic mass is 16.4. The lowest BCUT2D eigenvalue weighted by Gasteiger charge is -2.23. The number of nitrogens with two attached hydrogens (primary N) is 2. The first kappa shape index (κ1) is 25.4. The van der Waals surface area contributed by atoms with E-state index in [1.807, 2.05) is 0 Å². The predicted molar refractivity (Wildman–Crippen MR) is 110 cm³/mol. The molecule has 0 fully saturated rings. The number of carbonyl (C=O) groups is 2. The van der Waals surface area contributed by atoms with E-state index in [0.717, 1.165) is 12.8 Å². The van der Waals surface area contributed by atoms with Crippen molar-refractivity contribution >= 4 is 17.7 Å². The van der Waals surface area contributed by atoms with E-state index in [1.54, 1.807) is 0 Å². The van der Waals surface area contributed by atoms with E-state index in [9.17, 15) is 14.7 Å². The summed E-state index contributed by atoms with van der Waals surface area (Å²) in [6.07, 6.45) is 13.6. The van der Waals surface area contributed by atoms with Gasteiger partial charge in [0.15, 0.2) is 17.3 Å². The lowest BCUT2D eigenvalue weighted by Crippen LogP contribution is -2.55. The van der Waals surface area contributed by atoms with Gasteiger partial charge in [0.1, 0.15) is 0 Å². The lowest BCUT2D eigenvalue weighted by molar-refractivity contribution is -0.148. The second-order valence-electron chi connectivity index (χ2n) is 7.43. The maximum absolute atomic E-state index is 12.3. The van der Waals surface area contributed by atoms with Crippen LogP contribution in [0, 0.1) is 5.41 Å². The van der Waals surface area contributed by atoms with Gasteiger partial charge in [-0.3, -0.25) is 10.2 Å². The van der Waals surface area contributed by atoms with E-state index in [-0.39, 0.29) is 18.8 Å². The van der Waals surface area contributed by atoms with E-state index in [2.05, 4.69) is 12.2 Å². The Labute approximate surface area is 164 Å². The second kappa shape index (κ2) is 15.4. The zero-order chi connectivity index (χ0) is 20.5. The molecule has 1 unspecified atom stereocenters. The van der Waals surface area contributed by atoms with Gasteiger partial charge in [0.05, 0.1) is 0 Å². The summed E-state index contributed by atoms with van der Waals surface area (Å²) in [6, 6.07) is 0. The Morgan fingerprint density at radius 3 is 1.85 bits per heavy atom. The maximum Gasteiger partial charge on any atom is 0.331 e. The molecule has 7 N–H and O–H groups in total. The quantitative estimate of drug-likeness (QED) is 0.106. The third-order valence-corrected chi connectivity index (χ3v) is 4.95. The fourth-order valence-corrected chi connectivity index (χ4v) is 3.13. The molecule has 0 aliphatic heterocycles. The Kier molecular flexibility index (Phi) is 14.5. The van der Waals surface area contributed by atoms with Crippen molar-refractivity contribution < 1.29 is 14.7 Å². The van der Waals surface area contributed by atoms with Crippen molar-refractivity contribution in [1.82, 2.24) is 5.32 Å². The van der Waals surface area contributed by atoms with E-state index >= 15 is 0 Å².